The molecule has 0 amide bonds. The van der Waals surface area contributed by atoms with E-state index in [4.69, 9.17) is 10.5 Å². The molecule has 1 heterocycles. The molecule has 0 aromatic rings. The lowest BCUT2D eigenvalue weighted by molar-refractivity contribution is -0.155. The van der Waals surface area contributed by atoms with Crippen LogP contribution in [0.5, 0.6) is 0 Å². The van der Waals surface area contributed by atoms with Gasteiger partial charge in [-0.1, -0.05) is 0 Å². The molecule has 1 rings (SSSR count). The summed E-state index contributed by atoms with van der Waals surface area (Å²) in [5.74, 6) is -0.696. The molecule has 0 radical (unpaired) electrons. The van der Waals surface area contributed by atoms with E-state index in [1.54, 1.807) is 20.8 Å². The van der Waals surface area contributed by atoms with Gasteiger partial charge in [0.25, 0.3) is 0 Å². The number of hydrogen-bond donors (Lipinski definition) is 1. The fourth-order valence-electron chi connectivity index (χ4n) is 1.60. The van der Waals surface area contributed by atoms with Crippen LogP contribution in [0, 0.1) is 0 Å². The van der Waals surface area contributed by atoms with Crippen LogP contribution >= 0.6 is 0 Å². The summed E-state index contributed by atoms with van der Waals surface area (Å²) >= 11 is 0. The number of carbonyl (C=O) groups is 1. The summed E-state index contributed by atoms with van der Waals surface area (Å²) in [6, 6.07) is 0. The molecule has 6 heteroatoms. The Morgan fingerprint density at radius 1 is 1.40 bits per heavy atom. The first kappa shape index (κ1) is 12.4. The maximum atomic E-state index is 11.4. The Hall–Kier alpha value is -0.620. The van der Waals surface area contributed by atoms with Crippen molar-refractivity contribution >= 4 is 15.8 Å². The van der Waals surface area contributed by atoms with E-state index in [0.29, 0.717) is 0 Å². The van der Waals surface area contributed by atoms with Gasteiger partial charge in [0, 0.05) is 0 Å². The van der Waals surface area contributed by atoms with Crippen LogP contribution in [0.4, 0.5) is 0 Å². The molecule has 0 unspecified atom stereocenters. The van der Waals surface area contributed by atoms with Gasteiger partial charge in [-0.3, -0.25) is 4.79 Å². The number of nitrogens with two attached hydrogens (primary N) is 1. The third-order valence-corrected chi connectivity index (χ3v) is 3.96. The van der Waals surface area contributed by atoms with Crippen LogP contribution in [-0.4, -0.2) is 37.0 Å². The summed E-state index contributed by atoms with van der Waals surface area (Å²) in [6.45, 7) is 5.27. The third-order valence-electron chi connectivity index (χ3n) is 1.93. The zero-order chi connectivity index (χ0) is 11.9. The molecule has 1 fully saturated rings. The molecule has 0 aromatic carbocycles. The van der Waals surface area contributed by atoms with Crippen LogP contribution < -0.4 is 5.73 Å². The van der Waals surface area contributed by atoms with E-state index in [2.05, 4.69) is 0 Å². The highest BCUT2D eigenvalue weighted by Gasteiger charge is 2.47. The third kappa shape index (κ3) is 3.79. The van der Waals surface area contributed by atoms with Gasteiger partial charge in [-0.05, 0) is 20.8 Å². The minimum Gasteiger partial charge on any atom is -0.460 e. The number of hydrogen-bond acceptors (Lipinski definition) is 5. The van der Waals surface area contributed by atoms with Crippen molar-refractivity contribution in [3.8, 4) is 0 Å². The quantitative estimate of drug-likeness (QED) is 0.672. The van der Waals surface area contributed by atoms with Gasteiger partial charge in [0.1, 0.15) is 5.60 Å². The highest BCUT2D eigenvalue weighted by Crippen LogP contribution is 2.25. The van der Waals surface area contributed by atoms with Crippen LogP contribution in [-0.2, 0) is 19.4 Å². The first-order chi connectivity index (χ1) is 6.52. The monoisotopic (exact) mass is 235 g/mol. The van der Waals surface area contributed by atoms with Crippen LogP contribution in [0.3, 0.4) is 0 Å². The van der Waals surface area contributed by atoms with Crippen LogP contribution in [0.25, 0.3) is 0 Å². The van der Waals surface area contributed by atoms with E-state index >= 15 is 0 Å². The van der Waals surface area contributed by atoms with Gasteiger partial charge >= 0.3 is 5.97 Å². The molecular weight excluding hydrogens is 218 g/mol. The summed E-state index contributed by atoms with van der Waals surface area (Å²) < 4.78 is 26.9. The minimum absolute atomic E-state index is 0.0382. The molecule has 5 nitrogen and oxygen atoms in total. The Morgan fingerprint density at radius 2 is 1.87 bits per heavy atom. The molecule has 15 heavy (non-hydrogen) atoms. The highest BCUT2D eigenvalue weighted by atomic mass is 32.2. The maximum Gasteiger partial charge on any atom is 0.308 e. The molecule has 0 saturated carbocycles. The molecule has 0 atom stereocenters. The highest BCUT2D eigenvalue weighted by molar-refractivity contribution is 7.93. The maximum absolute atomic E-state index is 11.4. The van der Waals surface area contributed by atoms with E-state index < -0.39 is 26.9 Å². The van der Waals surface area contributed by atoms with Crippen molar-refractivity contribution in [3.05, 3.63) is 0 Å². The topological polar surface area (TPSA) is 86.5 Å². The van der Waals surface area contributed by atoms with Crippen molar-refractivity contribution in [1.82, 2.24) is 0 Å². The molecule has 0 spiro atoms. The van der Waals surface area contributed by atoms with Gasteiger partial charge in [-0.2, -0.15) is 0 Å². The van der Waals surface area contributed by atoms with Crippen molar-refractivity contribution in [1.29, 1.82) is 0 Å². The van der Waals surface area contributed by atoms with Crippen LogP contribution in [0.15, 0.2) is 0 Å². The Kier molecular flexibility index (Phi) is 2.86. The van der Waals surface area contributed by atoms with E-state index in [-0.39, 0.29) is 17.9 Å². The van der Waals surface area contributed by atoms with Crippen molar-refractivity contribution in [2.45, 2.75) is 38.3 Å². The fraction of sp³-hybridized carbons (Fsp3) is 0.889. The average molecular weight is 235 g/mol. The summed E-state index contributed by atoms with van der Waals surface area (Å²) in [5, 5.41) is 0. The number of esters is 1. The number of ether oxygens (including phenoxy) is 1. The van der Waals surface area contributed by atoms with E-state index in [0.717, 1.165) is 0 Å². The van der Waals surface area contributed by atoms with Crippen molar-refractivity contribution in [3.63, 3.8) is 0 Å². The summed E-state index contributed by atoms with van der Waals surface area (Å²) in [4.78, 5) is 11.4. The van der Waals surface area contributed by atoms with Crippen molar-refractivity contribution in [2.75, 3.05) is 11.5 Å². The van der Waals surface area contributed by atoms with Gasteiger partial charge in [-0.15, -0.1) is 0 Å². The van der Waals surface area contributed by atoms with E-state index in [1.807, 2.05) is 0 Å². The molecule has 1 saturated heterocycles. The lowest BCUT2D eigenvalue weighted by Gasteiger charge is -2.37. The minimum atomic E-state index is -3.01. The SMILES string of the molecule is CC(C)(C)OC(=O)CC1(N)CS(=O)(=O)C1. The Labute approximate surface area is 89.9 Å². The summed E-state index contributed by atoms with van der Waals surface area (Å²) in [7, 11) is -3.01. The van der Waals surface area contributed by atoms with E-state index in [9.17, 15) is 13.2 Å². The molecule has 2 N–H and O–H groups in total. The van der Waals surface area contributed by atoms with Crippen molar-refractivity contribution in [2.24, 2.45) is 5.73 Å². The second-order valence-corrected chi connectivity index (χ2v) is 7.22. The number of sulfone groups is 1. The molecule has 1 aliphatic rings. The molecule has 88 valence electrons. The fourth-order valence-corrected chi connectivity index (χ4v) is 3.47. The van der Waals surface area contributed by atoms with E-state index in [1.165, 1.54) is 0 Å². The van der Waals surface area contributed by atoms with Gasteiger partial charge in [0.2, 0.25) is 0 Å². The zero-order valence-corrected chi connectivity index (χ0v) is 10.1. The summed E-state index contributed by atoms with van der Waals surface area (Å²) in [5.41, 5.74) is 4.24. The smallest absolute Gasteiger partial charge is 0.308 e. The van der Waals surface area contributed by atoms with Crippen LogP contribution in [0.1, 0.15) is 27.2 Å². The predicted molar refractivity (Wildman–Crippen MR) is 56.0 cm³/mol. The number of carbonyl (C=O) groups excluding carboxylic acids is 1. The molecular formula is C9H17NO4S. The second-order valence-electron chi connectivity index (χ2n) is 5.16. The normalized spacial score (nSPS) is 22.9. The lowest BCUT2D eigenvalue weighted by atomic mass is 10.0. The molecule has 0 aliphatic carbocycles. The first-order valence-corrected chi connectivity index (χ1v) is 6.55. The largest absolute Gasteiger partial charge is 0.460 e. The zero-order valence-electron chi connectivity index (χ0n) is 9.24. The van der Waals surface area contributed by atoms with Crippen molar-refractivity contribution < 1.29 is 17.9 Å². The van der Waals surface area contributed by atoms with Gasteiger partial charge < -0.3 is 10.5 Å². The predicted octanol–water partition coefficient (Wildman–Crippen LogP) is -0.156. The number of rotatable bonds is 2. The van der Waals surface area contributed by atoms with Crippen LogP contribution in [0.2, 0.25) is 0 Å². The van der Waals surface area contributed by atoms with Gasteiger partial charge in [-0.25, -0.2) is 8.42 Å². The molecule has 0 aromatic heterocycles. The standard InChI is InChI=1S/C9H17NO4S/c1-8(2,3)14-7(11)4-9(10)5-15(12,13)6-9/h4-6,10H2,1-3H3. The molecule has 1 aliphatic heterocycles. The Balaban J connectivity index is 2.47. The Bertz CT molecular complexity index is 354. The Morgan fingerprint density at radius 3 is 2.20 bits per heavy atom. The second kappa shape index (κ2) is 3.45. The first-order valence-electron chi connectivity index (χ1n) is 4.73. The molecule has 0 bridgehead atoms. The average Bonchev–Trinajstić information content (AvgIpc) is 1.73. The van der Waals surface area contributed by atoms with Gasteiger partial charge in [0.05, 0.1) is 23.5 Å². The lowest BCUT2D eigenvalue weighted by Crippen LogP contribution is -2.62. The van der Waals surface area contributed by atoms with Gasteiger partial charge in [0.15, 0.2) is 9.84 Å². The summed E-state index contributed by atoms with van der Waals surface area (Å²) in [6.07, 6.45) is -0.0382.